The van der Waals surface area contributed by atoms with Gasteiger partial charge in [0.2, 0.25) is 5.78 Å². The van der Waals surface area contributed by atoms with Gasteiger partial charge in [0.05, 0.1) is 12.3 Å². The maximum Gasteiger partial charge on any atom is 0.300 e. The molecular formula is C17H20N4O3. The summed E-state index contributed by atoms with van der Waals surface area (Å²) < 4.78 is 1.91. The highest BCUT2D eigenvalue weighted by atomic mass is 16.4. The van der Waals surface area contributed by atoms with Crippen molar-refractivity contribution in [2.75, 3.05) is 19.0 Å². The van der Waals surface area contributed by atoms with Crippen LogP contribution < -0.4 is 4.90 Å². The van der Waals surface area contributed by atoms with Gasteiger partial charge in [0.15, 0.2) is 0 Å². The highest BCUT2D eigenvalue weighted by Crippen LogP contribution is 2.20. The van der Waals surface area contributed by atoms with E-state index in [1.807, 2.05) is 66.1 Å². The molecule has 0 aliphatic rings. The van der Waals surface area contributed by atoms with Crippen LogP contribution in [0.4, 0.5) is 5.82 Å². The summed E-state index contributed by atoms with van der Waals surface area (Å²) in [6.45, 7) is 1.14. The highest BCUT2D eigenvalue weighted by Gasteiger charge is 2.07. The fourth-order valence-electron chi connectivity index (χ4n) is 2.03. The average Bonchev–Trinajstić information content (AvgIpc) is 2.97. The average molecular weight is 328 g/mol. The van der Waals surface area contributed by atoms with Gasteiger partial charge in [-0.2, -0.15) is 4.98 Å². The first-order chi connectivity index (χ1) is 11.4. The Bertz CT molecular complexity index is 821. The summed E-state index contributed by atoms with van der Waals surface area (Å²) in [6, 6.07) is 9.67. The Hall–Kier alpha value is -2.93. The number of aliphatic hydroxyl groups excluding tert-OH is 1. The largest absolute Gasteiger partial charge is 0.481 e. The second-order valence-electron chi connectivity index (χ2n) is 5.39. The van der Waals surface area contributed by atoms with E-state index in [4.69, 9.17) is 15.0 Å². The van der Waals surface area contributed by atoms with E-state index in [9.17, 15) is 0 Å². The summed E-state index contributed by atoms with van der Waals surface area (Å²) in [5.41, 5.74) is 2.78. The van der Waals surface area contributed by atoms with Gasteiger partial charge in [0, 0.05) is 39.0 Å². The number of nitrogens with zero attached hydrogens (tertiary/aromatic N) is 4. The van der Waals surface area contributed by atoms with Crippen molar-refractivity contribution >= 4 is 17.6 Å². The molecule has 0 radical (unpaired) electrons. The fraction of sp³-hybridized carbons (Fsp3) is 0.235. The number of hydrogen-bond donors (Lipinski definition) is 2. The summed E-state index contributed by atoms with van der Waals surface area (Å²) in [6.07, 6.45) is 3.91. The Labute approximate surface area is 139 Å². The van der Waals surface area contributed by atoms with Crippen LogP contribution in [0.15, 0.2) is 42.7 Å². The number of carbonyl (C=O) groups is 1. The standard InChI is InChI=1S/C15H16N4O.C2H4O2/c1-18(2)14-7-8-19-9-13(16-15(19)17-14)12-5-3-11(10-20)4-6-12;1-2(3)4/h3-9,20H,10H2,1-2H3;1H3,(H,3,4). The Morgan fingerprint density at radius 2 is 1.79 bits per heavy atom. The Balaban J connectivity index is 0.000000471. The quantitative estimate of drug-likeness (QED) is 0.764. The number of hydrogen-bond acceptors (Lipinski definition) is 5. The van der Waals surface area contributed by atoms with Gasteiger partial charge < -0.3 is 15.1 Å². The third-order valence-corrected chi connectivity index (χ3v) is 3.20. The van der Waals surface area contributed by atoms with Crippen LogP contribution in [0.1, 0.15) is 12.5 Å². The molecule has 0 saturated carbocycles. The number of rotatable bonds is 3. The maximum absolute atomic E-state index is 9.06. The molecule has 2 heterocycles. The number of benzene rings is 1. The molecule has 0 bridgehead atoms. The van der Waals surface area contributed by atoms with Crippen LogP contribution >= 0.6 is 0 Å². The van der Waals surface area contributed by atoms with Crippen LogP contribution in [0, 0.1) is 0 Å². The van der Waals surface area contributed by atoms with Crippen molar-refractivity contribution in [3.05, 3.63) is 48.3 Å². The first-order valence-electron chi connectivity index (χ1n) is 7.33. The van der Waals surface area contributed by atoms with Gasteiger partial charge in [-0.1, -0.05) is 24.3 Å². The predicted molar refractivity (Wildman–Crippen MR) is 92.0 cm³/mol. The molecule has 0 spiro atoms. The minimum Gasteiger partial charge on any atom is -0.481 e. The second-order valence-corrected chi connectivity index (χ2v) is 5.39. The van der Waals surface area contributed by atoms with Crippen LogP contribution in [-0.4, -0.2) is 44.6 Å². The molecular weight excluding hydrogens is 308 g/mol. The molecule has 0 fully saturated rings. The molecule has 1 aromatic carbocycles. The number of carboxylic acids is 1. The van der Waals surface area contributed by atoms with Crippen LogP contribution in [0.3, 0.4) is 0 Å². The molecule has 0 amide bonds. The molecule has 0 unspecified atom stereocenters. The number of carboxylic acid groups (broad SMARTS) is 1. The van der Waals surface area contributed by atoms with Gasteiger partial charge in [0.25, 0.3) is 5.97 Å². The van der Waals surface area contributed by atoms with Gasteiger partial charge in [-0.05, 0) is 11.6 Å². The lowest BCUT2D eigenvalue weighted by Gasteiger charge is -2.09. The van der Waals surface area contributed by atoms with Gasteiger partial charge >= 0.3 is 0 Å². The van der Waals surface area contributed by atoms with E-state index in [1.165, 1.54) is 0 Å². The van der Waals surface area contributed by atoms with E-state index in [1.54, 1.807) is 0 Å². The van der Waals surface area contributed by atoms with Crippen LogP contribution in [-0.2, 0) is 11.4 Å². The molecule has 7 nitrogen and oxygen atoms in total. The Morgan fingerprint density at radius 1 is 1.17 bits per heavy atom. The van der Waals surface area contributed by atoms with Crippen molar-refractivity contribution in [3.63, 3.8) is 0 Å². The summed E-state index contributed by atoms with van der Waals surface area (Å²) in [7, 11) is 3.91. The lowest BCUT2D eigenvalue weighted by atomic mass is 10.1. The zero-order valence-electron chi connectivity index (χ0n) is 13.8. The molecule has 2 N–H and O–H groups in total. The molecule has 0 saturated heterocycles. The van der Waals surface area contributed by atoms with Crippen molar-refractivity contribution in [1.82, 2.24) is 14.4 Å². The van der Waals surface area contributed by atoms with E-state index >= 15 is 0 Å². The first-order valence-corrected chi connectivity index (χ1v) is 7.33. The number of fused-ring (bicyclic) bond motifs is 1. The van der Waals surface area contributed by atoms with Gasteiger partial charge in [-0.3, -0.25) is 9.20 Å². The molecule has 126 valence electrons. The number of aromatic nitrogens is 3. The summed E-state index contributed by atoms with van der Waals surface area (Å²) in [5.74, 6) is 0.725. The zero-order valence-corrected chi connectivity index (χ0v) is 13.8. The second kappa shape index (κ2) is 7.56. The minimum atomic E-state index is -0.833. The summed E-state index contributed by atoms with van der Waals surface area (Å²) in [5, 5.41) is 16.5. The highest BCUT2D eigenvalue weighted by molar-refractivity contribution is 5.63. The van der Waals surface area contributed by atoms with Crippen LogP contribution in [0.5, 0.6) is 0 Å². The van der Waals surface area contributed by atoms with Gasteiger partial charge in [-0.25, -0.2) is 4.98 Å². The van der Waals surface area contributed by atoms with Crippen LogP contribution in [0.2, 0.25) is 0 Å². The molecule has 0 aliphatic carbocycles. The molecule has 24 heavy (non-hydrogen) atoms. The fourth-order valence-corrected chi connectivity index (χ4v) is 2.03. The molecule has 3 aromatic rings. The summed E-state index contributed by atoms with van der Waals surface area (Å²) in [4.78, 5) is 20.0. The number of aliphatic carboxylic acids is 1. The molecule has 0 aliphatic heterocycles. The van der Waals surface area contributed by atoms with Crippen molar-refractivity contribution < 1.29 is 15.0 Å². The third-order valence-electron chi connectivity index (χ3n) is 3.20. The smallest absolute Gasteiger partial charge is 0.300 e. The normalized spacial score (nSPS) is 10.2. The third kappa shape index (κ3) is 4.30. The number of imidazole rings is 1. The number of aliphatic hydroxyl groups is 1. The van der Waals surface area contributed by atoms with Crippen molar-refractivity contribution in [3.8, 4) is 11.3 Å². The first kappa shape index (κ1) is 17.4. The Kier molecular flexibility index (Phi) is 5.49. The zero-order chi connectivity index (χ0) is 17.7. The lowest BCUT2D eigenvalue weighted by Crippen LogP contribution is -2.10. The molecule has 0 atom stereocenters. The lowest BCUT2D eigenvalue weighted by molar-refractivity contribution is -0.134. The van der Waals surface area contributed by atoms with E-state index < -0.39 is 5.97 Å². The van der Waals surface area contributed by atoms with Crippen molar-refractivity contribution in [1.29, 1.82) is 0 Å². The predicted octanol–water partition coefficient (Wildman–Crippen LogP) is 2.05. The molecule has 2 aromatic heterocycles. The van der Waals surface area contributed by atoms with Gasteiger partial charge in [0.1, 0.15) is 5.82 Å². The van der Waals surface area contributed by atoms with E-state index in [-0.39, 0.29) is 6.61 Å². The SMILES string of the molecule is CC(=O)O.CN(C)c1ccn2cc(-c3ccc(CO)cc3)nc2n1. The molecule has 7 heteroatoms. The van der Waals surface area contributed by atoms with Crippen molar-refractivity contribution in [2.24, 2.45) is 0 Å². The monoisotopic (exact) mass is 328 g/mol. The van der Waals surface area contributed by atoms with Crippen LogP contribution in [0.25, 0.3) is 17.0 Å². The van der Waals surface area contributed by atoms with E-state index in [0.717, 1.165) is 29.6 Å². The van der Waals surface area contributed by atoms with E-state index in [0.29, 0.717) is 5.78 Å². The maximum atomic E-state index is 9.06. The topological polar surface area (TPSA) is 91.0 Å². The Morgan fingerprint density at radius 3 is 2.33 bits per heavy atom. The molecule has 3 rings (SSSR count). The van der Waals surface area contributed by atoms with E-state index in [2.05, 4.69) is 9.97 Å². The minimum absolute atomic E-state index is 0.0548. The number of anilines is 1. The van der Waals surface area contributed by atoms with Crippen molar-refractivity contribution in [2.45, 2.75) is 13.5 Å². The summed E-state index contributed by atoms with van der Waals surface area (Å²) >= 11 is 0. The van der Waals surface area contributed by atoms with Gasteiger partial charge in [-0.15, -0.1) is 0 Å².